The number of anilines is 5. The first kappa shape index (κ1) is 24.6. The van der Waals surface area contributed by atoms with Gasteiger partial charge in [0.2, 0.25) is 0 Å². The maximum absolute atomic E-state index is 10.5. The first-order valence-corrected chi connectivity index (χ1v) is 14.1. The maximum Gasteiger partial charge on any atom is 0.141 e. The Balaban J connectivity index is 1.32. The van der Waals surface area contributed by atoms with Gasteiger partial charge in [0.1, 0.15) is 17.1 Å². The van der Waals surface area contributed by atoms with E-state index >= 15 is 0 Å². The van der Waals surface area contributed by atoms with E-state index in [0.717, 1.165) is 51.0 Å². The molecule has 6 aromatic rings. The summed E-state index contributed by atoms with van der Waals surface area (Å²) in [6.45, 7) is 6.67. The number of pyridine rings is 2. The lowest BCUT2D eigenvalue weighted by Crippen LogP contribution is -2.24. The fourth-order valence-electron chi connectivity index (χ4n) is 5.66. The molecule has 7 rings (SSSR count). The first-order chi connectivity index (χ1) is 20.7. The van der Waals surface area contributed by atoms with Crippen LogP contribution in [0.3, 0.4) is 0 Å². The Morgan fingerprint density at radius 1 is 0.714 bits per heavy atom. The average Bonchev–Trinajstić information content (AvgIpc) is 3.02. The monoisotopic (exact) mass is 549 g/mol. The van der Waals surface area contributed by atoms with Crippen LogP contribution in [0.15, 0.2) is 115 Å². The third kappa shape index (κ3) is 4.34. The topological polar surface area (TPSA) is 52.5 Å². The van der Waals surface area contributed by atoms with Gasteiger partial charge in [-0.05, 0) is 65.1 Å². The van der Waals surface area contributed by atoms with E-state index in [0.29, 0.717) is 16.9 Å². The van der Waals surface area contributed by atoms with E-state index in [1.165, 1.54) is 11.6 Å². The molecule has 5 heteroatoms. The largest absolute Gasteiger partial charge is 0.506 e. The molecule has 1 N–H and O–H groups in total. The third-order valence-electron chi connectivity index (χ3n) is 8.04. The number of hydrogen-bond acceptors (Lipinski definition) is 5. The highest BCUT2D eigenvalue weighted by Crippen LogP contribution is 2.51. The van der Waals surface area contributed by atoms with Crippen LogP contribution < -0.4 is 9.80 Å². The van der Waals surface area contributed by atoms with E-state index in [1.807, 2.05) is 24.4 Å². The minimum absolute atomic E-state index is 0.0680. The number of fused-ring (bicyclic) bond motifs is 3. The van der Waals surface area contributed by atoms with Crippen molar-refractivity contribution in [2.75, 3.05) is 16.8 Å². The van der Waals surface area contributed by atoms with Gasteiger partial charge in [0.25, 0.3) is 0 Å². The molecule has 206 valence electrons. The molecule has 0 radical (unpaired) electrons. The summed E-state index contributed by atoms with van der Waals surface area (Å²) in [7, 11) is 2.08. The summed E-state index contributed by atoms with van der Waals surface area (Å²) in [5.74, 6) is 0.885. The van der Waals surface area contributed by atoms with Crippen LogP contribution in [0.25, 0.3) is 33.3 Å². The first-order valence-electron chi connectivity index (χ1n) is 14.6. The molecule has 0 aliphatic carbocycles. The molecule has 4 aromatic carbocycles. The normalized spacial score (nSPS) is 13.1. The van der Waals surface area contributed by atoms with Gasteiger partial charge < -0.3 is 10.0 Å². The zero-order valence-corrected chi connectivity index (χ0v) is 24.1. The van der Waals surface area contributed by atoms with Crippen molar-refractivity contribution in [1.29, 1.82) is 0 Å². The number of aromatic nitrogens is 2. The predicted octanol–water partition coefficient (Wildman–Crippen LogP) is 9.52. The van der Waals surface area contributed by atoms with Crippen LogP contribution in [0.2, 0.25) is 0 Å². The number of benzene rings is 4. The summed E-state index contributed by atoms with van der Waals surface area (Å²) >= 11 is 0. The summed E-state index contributed by atoms with van der Waals surface area (Å²) in [6, 6.07) is 34.8. The lowest BCUT2D eigenvalue weighted by Gasteiger charge is -2.38. The summed E-state index contributed by atoms with van der Waals surface area (Å²) in [6.07, 6.45) is 1.94. The van der Waals surface area contributed by atoms with Crippen LogP contribution in [-0.4, -0.2) is 22.1 Å². The van der Waals surface area contributed by atoms with E-state index in [4.69, 9.17) is 11.3 Å². The summed E-state index contributed by atoms with van der Waals surface area (Å²) in [5, 5.41) is 11.1. The van der Waals surface area contributed by atoms with Crippen LogP contribution in [-0.2, 0) is 5.41 Å². The second-order valence-electron chi connectivity index (χ2n) is 11.8. The van der Waals surface area contributed by atoms with Crippen molar-refractivity contribution in [2.45, 2.75) is 26.2 Å². The molecule has 0 saturated heterocycles. The smallest absolute Gasteiger partial charge is 0.141 e. The Bertz CT molecular complexity index is 2000. The predicted molar refractivity (Wildman–Crippen MR) is 174 cm³/mol. The van der Waals surface area contributed by atoms with Crippen molar-refractivity contribution in [2.24, 2.45) is 0 Å². The van der Waals surface area contributed by atoms with E-state index in [1.54, 1.807) is 6.07 Å². The fraction of sp³-hybridized carbons (Fsp3) is 0.135. The molecule has 1 aliphatic heterocycles. The van der Waals surface area contributed by atoms with Crippen molar-refractivity contribution >= 4 is 39.5 Å². The number of hydrogen-bond donors (Lipinski definition) is 1. The van der Waals surface area contributed by atoms with Gasteiger partial charge in [0.15, 0.2) is 0 Å². The van der Waals surface area contributed by atoms with Gasteiger partial charge in [0, 0.05) is 29.8 Å². The molecule has 0 spiro atoms. The minimum Gasteiger partial charge on any atom is -0.506 e. The van der Waals surface area contributed by atoms with Crippen molar-refractivity contribution in [1.82, 2.24) is 9.97 Å². The molecule has 5 nitrogen and oxygen atoms in total. The Labute approximate surface area is 247 Å². The van der Waals surface area contributed by atoms with E-state index in [9.17, 15) is 5.11 Å². The lowest BCUT2D eigenvalue weighted by molar-refractivity contribution is 0.480. The molecule has 1 aliphatic rings. The van der Waals surface area contributed by atoms with Gasteiger partial charge in [-0.15, -0.1) is 0 Å². The average molecular weight is 550 g/mol. The maximum atomic E-state index is 10.5. The van der Waals surface area contributed by atoms with Crippen LogP contribution in [0.1, 0.15) is 27.7 Å². The van der Waals surface area contributed by atoms with E-state index in [2.05, 4.69) is 110 Å². The number of phenolic OH excluding ortho intramolecular Hbond substituents is 1. The highest BCUT2D eigenvalue weighted by Gasteiger charge is 2.28. The zero-order valence-electron chi connectivity index (χ0n) is 25.1. The van der Waals surface area contributed by atoms with Gasteiger partial charge >= 0.3 is 0 Å². The van der Waals surface area contributed by atoms with Crippen molar-refractivity contribution in [3.8, 4) is 28.1 Å². The Morgan fingerprint density at radius 2 is 1.43 bits per heavy atom. The van der Waals surface area contributed by atoms with Crippen LogP contribution in [0.4, 0.5) is 28.6 Å². The number of phenols is 1. The number of aromatic hydroxyl groups is 1. The standard InChI is InChI=1S/C37H32N4O/c1-37(2,3)28-17-12-24(13-18-28)27-16-21-35(38-23-27)41-32-10-6-5-9-30(32)40(4)31-20-15-26(22-33(31)41)29-19-14-25-8-7-11-34(42)36(25)39-29/h5-23,42H,1-4H3/i8D. The van der Waals surface area contributed by atoms with Crippen LogP contribution in [0.5, 0.6) is 5.75 Å². The molecule has 0 fully saturated rings. The molecule has 0 unspecified atom stereocenters. The van der Waals surface area contributed by atoms with Gasteiger partial charge in [-0.2, -0.15) is 0 Å². The minimum atomic E-state index is 0.0680. The Kier molecular flexibility index (Phi) is 5.71. The second-order valence-corrected chi connectivity index (χ2v) is 11.8. The molecule has 0 atom stereocenters. The molecule has 2 aromatic heterocycles. The Morgan fingerprint density at radius 3 is 2.17 bits per heavy atom. The lowest BCUT2D eigenvalue weighted by atomic mass is 9.86. The Hall–Kier alpha value is -5.16. The van der Waals surface area contributed by atoms with Gasteiger partial charge in [-0.3, -0.25) is 4.90 Å². The molecule has 0 saturated carbocycles. The van der Waals surface area contributed by atoms with Crippen LogP contribution in [0, 0.1) is 0 Å². The second kappa shape index (κ2) is 9.74. The molecular weight excluding hydrogens is 516 g/mol. The van der Waals surface area contributed by atoms with Crippen molar-refractivity contribution in [3.63, 3.8) is 0 Å². The molecule has 0 bridgehead atoms. The number of rotatable bonds is 3. The third-order valence-corrected chi connectivity index (χ3v) is 8.04. The summed E-state index contributed by atoms with van der Waals surface area (Å²) < 4.78 is 8.21. The quantitative estimate of drug-likeness (QED) is 0.238. The highest BCUT2D eigenvalue weighted by molar-refractivity contribution is 5.98. The van der Waals surface area contributed by atoms with Crippen molar-refractivity contribution < 1.29 is 6.48 Å². The fourth-order valence-corrected chi connectivity index (χ4v) is 5.66. The molecular formula is C37H32N4O. The van der Waals surface area contributed by atoms with E-state index in [-0.39, 0.29) is 11.2 Å². The molecule has 0 amide bonds. The molecule has 3 heterocycles. The molecule has 42 heavy (non-hydrogen) atoms. The van der Waals surface area contributed by atoms with Gasteiger partial charge in [-0.1, -0.05) is 81.4 Å². The highest BCUT2D eigenvalue weighted by atomic mass is 16.3. The van der Waals surface area contributed by atoms with Gasteiger partial charge in [0.05, 0.1) is 29.8 Å². The summed E-state index contributed by atoms with van der Waals surface area (Å²) in [5.41, 5.74) is 9.81. The summed E-state index contributed by atoms with van der Waals surface area (Å²) in [4.78, 5) is 14.1. The van der Waals surface area contributed by atoms with Crippen molar-refractivity contribution in [3.05, 3.63) is 121 Å². The van der Waals surface area contributed by atoms with E-state index < -0.39 is 0 Å². The van der Waals surface area contributed by atoms with Crippen LogP contribution >= 0.6 is 0 Å². The SMILES string of the molecule is [2H]c1ccc(O)c2nc(-c3ccc4c(c3)N(c3ccc(-c5ccc(C(C)(C)C)cc5)cn3)c3ccccc3N4C)ccc12. The number of nitrogens with zero attached hydrogens (tertiary/aromatic N) is 4. The van der Waals surface area contributed by atoms with Gasteiger partial charge in [-0.25, -0.2) is 9.97 Å². The zero-order chi connectivity index (χ0) is 29.9. The number of para-hydroxylation sites is 3.